The zero-order chi connectivity index (χ0) is 33.3. The highest BCUT2D eigenvalue weighted by atomic mass is 31.2. The summed E-state index contributed by atoms with van der Waals surface area (Å²) in [5, 5.41) is 0. The fourth-order valence-electron chi connectivity index (χ4n) is 5.00. The number of carbonyl (C=O) groups is 2. The molecule has 0 aromatic rings. The summed E-state index contributed by atoms with van der Waals surface area (Å²) in [5.74, 6) is -0.937. The second kappa shape index (κ2) is 32.5. The number of phosphoric acid groups is 1. The number of rotatable bonds is 33. The van der Waals surface area contributed by atoms with E-state index in [0.717, 1.165) is 38.5 Å². The number of unbranched alkanes of at least 4 members (excludes halogenated alkanes) is 19. The number of phosphoric ester groups is 1. The largest absolute Gasteiger partial charge is 0.469 e. The number of esters is 2. The van der Waals surface area contributed by atoms with E-state index in [4.69, 9.17) is 19.3 Å². The first-order chi connectivity index (χ1) is 21.8. The van der Waals surface area contributed by atoms with E-state index in [-0.39, 0.29) is 19.4 Å². The van der Waals surface area contributed by atoms with Crippen LogP contribution in [0.3, 0.4) is 0 Å². The van der Waals surface area contributed by atoms with Crippen molar-refractivity contribution in [2.45, 2.75) is 180 Å². The molecule has 0 spiro atoms. The quantitative estimate of drug-likeness (QED) is 0.0309. The van der Waals surface area contributed by atoms with Crippen molar-refractivity contribution in [2.75, 3.05) is 13.2 Å². The van der Waals surface area contributed by atoms with Crippen LogP contribution in [0.25, 0.3) is 0 Å². The molecule has 0 radical (unpaired) electrons. The van der Waals surface area contributed by atoms with Gasteiger partial charge in [0.25, 0.3) is 0 Å². The minimum absolute atomic E-state index is 0.151. The molecule has 0 bridgehead atoms. The van der Waals surface area contributed by atoms with E-state index in [1.54, 1.807) is 0 Å². The van der Waals surface area contributed by atoms with Crippen molar-refractivity contribution < 1.29 is 37.9 Å². The first-order valence-corrected chi connectivity index (χ1v) is 19.7. The fraction of sp³-hybridized carbons (Fsp3) is 0.833. The van der Waals surface area contributed by atoms with E-state index in [1.807, 2.05) is 6.08 Å². The predicted octanol–water partition coefficient (Wildman–Crippen LogP) is 10.5. The van der Waals surface area contributed by atoms with E-state index in [1.165, 1.54) is 103 Å². The average molecular weight is 659 g/mol. The Kier molecular flexibility index (Phi) is 31.4. The molecule has 0 aromatic carbocycles. The Morgan fingerprint density at radius 1 is 0.578 bits per heavy atom. The van der Waals surface area contributed by atoms with Gasteiger partial charge in [-0.2, -0.15) is 0 Å². The van der Waals surface area contributed by atoms with Gasteiger partial charge in [-0.3, -0.25) is 14.1 Å². The molecule has 0 aromatic heterocycles. The maximum Gasteiger partial charge on any atom is 0.469 e. The Balaban J connectivity index is 4.03. The number of carbonyl (C=O) groups excluding carboxylic acids is 2. The Morgan fingerprint density at radius 2 is 1.02 bits per heavy atom. The highest BCUT2D eigenvalue weighted by Crippen LogP contribution is 2.35. The molecule has 0 saturated heterocycles. The van der Waals surface area contributed by atoms with Gasteiger partial charge in [0.05, 0.1) is 6.61 Å². The van der Waals surface area contributed by atoms with Crippen molar-refractivity contribution in [3.63, 3.8) is 0 Å². The lowest BCUT2D eigenvalue weighted by atomic mass is 10.1. The summed E-state index contributed by atoms with van der Waals surface area (Å²) >= 11 is 0. The molecule has 0 aliphatic rings. The molecule has 8 nitrogen and oxygen atoms in total. The zero-order valence-electron chi connectivity index (χ0n) is 28.8. The maximum atomic E-state index is 12.3. The van der Waals surface area contributed by atoms with Crippen LogP contribution >= 0.6 is 7.82 Å². The van der Waals surface area contributed by atoms with Gasteiger partial charge in [0.2, 0.25) is 0 Å². The first-order valence-electron chi connectivity index (χ1n) is 18.1. The standard InChI is InChI=1S/C36H67O8P/c1-3-5-7-9-11-13-15-16-17-18-19-20-21-23-25-27-29-31-36(38)44-34(33-43-45(39,40)41)32-42-35(37)30-28-26-24-22-14-12-10-8-6-4-2/h19-20,23,25,34H,3-18,21-22,24,26-33H2,1-2H3,(H2,39,40,41)/b20-19+,25-23+/t34-/m1/s1. The molecule has 0 saturated carbocycles. The Labute approximate surface area is 275 Å². The van der Waals surface area contributed by atoms with Crippen molar-refractivity contribution >= 4 is 19.8 Å². The van der Waals surface area contributed by atoms with E-state index < -0.39 is 32.5 Å². The van der Waals surface area contributed by atoms with Crippen LogP contribution in [0.4, 0.5) is 0 Å². The molecule has 2 N–H and O–H groups in total. The molecular weight excluding hydrogens is 591 g/mol. The summed E-state index contributed by atoms with van der Waals surface area (Å²) in [4.78, 5) is 42.5. The van der Waals surface area contributed by atoms with E-state index >= 15 is 0 Å². The molecule has 0 heterocycles. The zero-order valence-corrected chi connectivity index (χ0v) is 29.7. The summed E-state index contributed by atoms with van der Waals surface area (Å²) in [6, 6.07) is 0. The lowest BCUT2D eigenvalue weighted by Gasteiger charge is -2.18. The van der Waals surface area contributed by atoms with Crippen molar-refractivity contribution in [3.05, 3.63) is 24.3 Å². The molecule has 0 unspecified atom stereocenters. The third-order valence-corrected chi connectivity index (χ3v) is 8.21. The molecule has 0 fully saturated rings. The van der Waals surface area contributed by atoms with E-state index in [2.05, 4.69) is 36.6 Å². The monoisotopic (exact) mass is 658 g/mol. The number of ether oxygens (including phenoxy) is 2. The molecule has 9 heteroatoms. The molecular formula is C36H67O8P. The summed E-state index contributed by atoms with van der Waals surface area (Å²) in [5.41, 5.74) is 0. The van der Waals surface area contributed by atoms with Gasteiger partial charge in [0.1, 0.15) is 6.61 Å². The summed E-state index contributed by atoms with van der Waals surface area (Å²) < 4.78 is 26.2. The minimum Gasteiger partial charge on any atom is -0.462 e. The lowest BCUT2D eigenvalue weighted by molar-refractivity contribution is -0.161. The van der Waals surface area contributed by atoms with Crippen LogP contribution in [0.2, 0.25) is 0 Å². The van der Waals surface area contributed by atoms with Crippen LogP contribution in [-0.4, -0.2) is 41.0 Å². The van der Waals surface area contributed by atoms with Crippen LogP contribution < -0.4 is 0 Å². The maximum absolute atomic E-state index is 12.3. The summed E-state index contributed by atoms with van der Waals surface area (Å²) in [7, 11) is -4.75. The van der Waals surface area contributed by atoms with Gasteiger partial charge in [0, 0.05) is 12.8 Å². The van der Waals surface area contributed by atoms with Crippen LogP contribution in [-0.2, 0) is 28.2 Å². The van der Waals surface area contributed by atoms with Crippen LogP contribution in [0.5, 0.6) is 0 Å². The predicted molar refractivity (Wildman–Crippen MR) is 184 cm³/mol. The Bertz CT molecular complexity index is 792. The number of hydrogen-bond donors (Lipinski definition) is 2. The second-order valence-electron chi connectivity index (χ2n) is 12.2. The summed E-state index contributed by atoms with van der Waals surface area (Å²) in [6.45, 7) is 3.62. The molecule has 0 aliphatic carbocycles. The third kappa shape index (κ3) is 35.2. The van der Waals surface area contributed by atoms with Gasteiger partial charge in [0.15, 0.2) is 6.10 Å². The molecule has 0 rings (SSSR count). The summed E-state index contributed by atoms with van der Waals surface area (Å²) in [6.07, 6.45) is 34.8. The fourth-order valence-corrected chi connectivity index (χ4v) is 5.36. The van der Waals surface area contributed by atoms with Gasteiger partial charge in [-0.05, 0) is 38.5 Å². The molecule has 264 valence electrons. The van der Waals surface area contributed by atoms with Crippen molar-refractivity contribution in [2.24, 2.45) is 0 Å². The molecule has 45 heavy (non-hydrogen) atoms. The minimum atomic E-state index is -4.75. The number of allylic oxidation sites excluding steroid dienone is 4. The van der Waals surface area contributed by atoms with Crippen molar-refractivity contribution in [1.82, 2.24) is 0 Å². The van der Waals surface area contributed by atoms with Crippen LogP contribution in [0.1, 0.15) is 174 Å². The van der Waals surface area contributed by atoms with Crippen molar-refractivity contribution in [1.29, 1.82) is 0 Å². The smallest absolute Gasteiger partial charge is 0.462 e. The van der Waals surface area contributed by atoms with Crippen LogP contribution in [0.15, 0.2) is 24.3 Å². The SMILES string of the molecule is CCCCCCCCCCC/C=C/C/C=C/CCCC(=O)O[C@H](COC(=O)CCCCCCCCCCCC)COP(=O)(O)O. The highest BCUT2D eigenvalue weighted by molar-refractivity contribution is 7.46. The molecule has 0 aliphatic heterocycles. The highest BCUT2D eigenvalue weighted by Gasteiger charge is 2.22. The lowest BCUT2D eigenvalue weighted by Crippen LogP contribution is -2.29. The van der Waals surface area contributed by atoms with Gasteiger partial charge in [-0.25, -0.2) is 4.57 Å². The number of hydrogen-bond acceptors (Lipinski definition) is 6. The molecule has 0 amide bonds. The van der Waals surface area contributed by atoms with E-state index in [0.29, 0.717) is 6.42 Å². The average Bonchev–Trinajstić information content (AvgIpc) is 3.00. The van der Waals surface area contributed by atoms with E-state index in [9.17, 15) is 14.2 Å². The van der Waals surface area contributed by atoms with Gasteiger partial charge in [-0.1, -0.05) is 147 Å². The first kappa shape index (κ1) is 43.5. The molecule has 1 atom stereocenters. The second-order valence-corrected chi connectivity index (χ2v) is 13.4. The van der Waals surface area contributed by atoms with Crippen LogP contribution in [0, 0.1) is 0 Å². The normalized spacial score (nSPS) is 12.7. The van der Waals surface area contributed by atoms with Gasteiger partial charge in [-0.15, -0.1) is 0 Å². The topological polar surface area (TPSA) is 119 Å². The van der Waals surface area contributed by atoms with Gasteiger partial charge < -0.3 is 19.3 Å². The van der Waals surface area contributed by atoms with Gasteiger partial charge >= 0.3 is 19.8 Å². The Hall–Kier alpha value is -1.47. The third-order valence-electron chi connectivity index (χ3n) is 7.72. The Morgan fingerprint density at radius 3 is 1.53 bits per heavy atom. The van der Waals surface area contributed by atoms with Crippen molar-refractivity contribution in [3.8, 4) is 0 Å².